The first kappa shape index (κ1) is 12.9. The molecular formula is C15H24N4. The standard InChI is InChI=1S/C15H24N4/c1-11-13-7-3-4-8-14(13)18-15(16-11)17-12-6-5-9-19(2)10-12/h12H,3-10H2,1-2H3,(H,16,17,18). The van der Waals surface area contributed by atoms with Crippen molar-refractivity contribution in [3.8, 4) is 0 Å². The second kappa shape index (κ2) is 5.45. The van der Waals surface area contributed by atoms with E-state index in [1.807, 2.05) is 0 Å². The molecule has 19 heavy (non-hydrogen) atoms. The molecule has 2 aliphatic rings. The molecule has 0 radical (unpaired) electrons. The lowest BCUT2D eigenvalue weighted by Crippen LogP contribution is -2.40. The third kappa shape index (κ3) is 2.89. The summed E-state index contributed by atoms with van der Waals surface area (Å²) in [4.78, 5) is 11.8. The van der Waals surface area contributed by atoms with Crippen LogP contribution in [0.4, 0.5) is 5.95 Å². The van der Waals surface area contributed by atoms with Crippen LogP contribution in [0.5, 0.6) is 0 Å². The van der Waals surface area contributed by atoms with Crippen LogP contribution in [0.15, 0.2) is 0 Å². The van der Waals surface area contributed by atoms with Gasteiger partial charge in [0.1, 0.15) is 0 Å². The summed E-state index contributed by atoms with van der Waals surface area (Å²) in [5.74, 6) is 0.846. The van der Waals surface area contributed by atoms with Crippen LogP contribution >= 0.6 is 0 Å². The minimum Gasteiger partial charge on any atom is -0.350 e. The summed E-state index contributed by atoms with van der Waals surface area (Å²) in [6, 6.07) is 0.500. The molecule has 1 unspecified atom stereocenters. The van der Waals surface area contributed by atoms with Crippen LogP contribution in [-0.2, 0) is 12.8 Å². The van der Waals surface area contributed by atoms with Crippen LogP contribution in [0, 0.1) is 6.92 Å². The van der Waals surface area contributed by atoms with Gasteiger partial charge in [-0.2, -0.15) is 0 Å². The van der Waals surface area contributed by atoms with Crippen molar-refractivity contribution < 1.29 is 0 Å². The van der Waals surface area contributed by atoms with Gasteiger partial charge < -0.3 is 10.2 Å². The largest absolute Gasteiger partial charge is 0.350 e. The molecule has 1 fully saturated rings. The SMILES string of the molecule is Cc1nc(NC2CCCN(C)C2)nc2c1CCCC2. The molecule has 104 valence electrons. The van der Waals surface area contributed by atoms with Gasteiger partial charge in [-0.25, -0.2) is 9.97 Å². The molecule has 4 nitrogen and oxygen atoms in total. The Morgan fingerprint density at radius 1 is 1.16 bits per heavy atom. The fourth-order valence-electron chi connectivity index (χ4n) is 3.31. The maximum atomic E-state index is 4.75. The van der Waals surface area contributed by atoms with Crippen LogP contribution in [-0.4, -0.2) is 41.0 Å². The number of anilines is 1. The molecule has 0 bridgehead atoms. The molecule has 1 aliphatic carbocycles. The highest BCUT2D eigenvalue weighted by molar-refractivity contribution is 5.36. The second-order valence-electron chi connectivity index (χ2n) is 6.01. The monoisotopic (exact) mass is 260 g/mol. The Hall–Kier alpha value is -1.16. The maximum Gasteiger partial charge on any atom is 0.223 e. The fourth-order valence-corrected chi connectivity index (χ4v) is 3.31. The van der Waals surface area contributed by atoms with E-state index in [2.05, 4.69) is 29.2 Å². The second-order valence-corrected chi connectivity index (χ2v) is 6.01. The third-order valence-corrected chi connectivity index (χ3v) is 4.35. The van der Waals surface area contributed by atoms with Gasteiger partial charge in [-0.1, -0.05) is 0 Å². The molecule has 1 aromatic rings. The summed E-state index contributed by atoms with van der Waals surface area (Å²) in [5.41, 5.74) is 3.86. The molecule has 0 aromatic carbocycles. The van der Waals surface area contributed by atoms with Gasteiger partial charge in [-0.3, -0.25) is 0 Å². The summed E-state index contributed by atoms with van der Waals surface area (Å²) >= 11 is 0. The topological polar surface area (TPSA) is 41.1 Å². The Kier molecular flexibility index (Phi) is 3.69. The number of likely N-dealkylation sites (N-methyl/N-ethyl adjacent to an activating group) is 1. The number of aryl methyl sites for hydroxylation is 2. The zero-order valence-electron chi connectivity index (χ0n) is 12.1. The van der Waals surface area contributed by atoms with Gasteiger partial charge in [0.05, 0.1) is 0 Å². The summed E-state index contributed by atoms with van der Waals surface area (Å²) in [5, 5.41) is 3.54. The van der Waals surface area contributed by atoms with Gasteiger partial charge in [0.25, 0.3) is 0 Å². The summed E-state index contributed by atoms with van der Waals surface area (Å²) in [6.07, 6.45) is 7.33. The number of aromatic nitrogens is 2. The first-order chi connectivity index (χ1) is 9.22. The molecule has 4 heteroatoms. The van der Waals surface area contributed by atoms with Crippen LogP contribution < -0.4 is 5.32 Å². The smallest absolute Gasteiger partial charge is 0.223 e. The predicted octanol–water partition coefficient (Wildman–Crippen LogP) is 2.17. The number of hydrogen-bond donors (Lipinski definition) is 1. The van der Waals surface area contributed by atoms with Gasteiger partial charge >= 0.3 is 0 Å². The van der Waals surface area contributed by atoms with Gasteiger partial charge in [-0.05, 0) is 64.6 Å². The number of nitrogens with one attached hydrogen (secondary N) is 1. The van der Waals surface area contributed by atoms with Crippen LogP contribution in [0.25, 0.3) is 0 Å². The van der Waals surface area contributed by atoms with E-state index in [9.17, 15) is 0 Å². The van der Waals surface area contributed by atoms with Crippen LogP contribution in [0.2, 0.25) is 0 Å². The number of hydrogen-bond acceptors (Lipinski definition) is 4. The summed E-state index contributed by atoms with van der Waals surface area (Å²) in [6.45, 7) is 4.44. The van der Waals surface area contributed by atoms with E-state index in [4.69, 9.17) is 4.98 Å². The van der Waals surface area contributed by atoms with Gasteiger partial charge in [0, 0.05) is 24.0 Å². The lowest BCUT2D eigenvalue weighted by atomic mass is 9.95. The molecule has 2 heterocycles. The Bertz CT molecular complexity index is 458. The molecule has 3 rings (SSSR count). The van der Waals surface area contributed by atoms with Gasteiger partial charge in [-0.15, -0.1) is 0 Å². The van der Waals surface area contributed by atoms with Crippen molar-refractivity contribution in [3.63, 3.8) is 0 Å². The Balaban J connectivity index is 1.76. The molecule has 1 aromatic heterocycles. The van der Waals surface area contributed by atoms with E-state index < -0.39 is 0 Å². The van der Waals surface area contributed by atoms with Crippen molar-refractivity contribution in [1.82, 2.24) is 14.9 Å². The molecule has 1 saturated heterocycles. The van der Waals surface area contributed by atoms with Crippen molar-refractivity contribution in [2.24, 2.45) is 0 Å². The number of likely N-dealkylation sites (tertiary alicyclic amines) is 1. The van der Waals surface area contributed by atoms with E-state index in [0.717, 1.165) is 25.3 Å². The van der Waals surface area contributed by atoms with Gasteiger partial charge in [0.15, 0.2) is 0 Å². The normalized spacial score (nSPS) is 24.0. The molecular weight excluding hydrogens is 236 g/mol. The van der Waals surface area contributed by atoms with Crippen molar-refractivity contribution in [1.29, 1.82) is 0 Å². The Labute approximate surface area is 115 Å². The lowest BCUT2D eigenvalue weighted by molar-refractivity contribution is 0.260. The Morgan fingerprint density at radius 3 is 2.84 bits per heavy atom. The maximum absolute atomic E-state index is 4.75. The first-order valence-electron chi connectivity index (χ1n) is 7.54. The van der Waals surface area contributed by atoms with Crippen molar-refractivity contribution in [3.05, 3.63) is 17.0 Å². The van der Waals surface area contributed by atoms with E-state index in [1.54, 1.807) is 0 Å². The highest BCUT2D eigenvalue weighted by atomic mass is 15.2. The van der Waals surface area contributed by atoms with E-state index in [1.165, 1.54) is 49.2 Å². The van der Waals surface area contributed by atoms with Crippen LogP contribution in [0.3, 0.4) is 0 Å². The van der Waals surface area contributed by atoms with E-state index in [-0.39, 0.29) is 0 Å². The average molecular weight is 260 g/mol. The lowest BCUT2D eigenvalue weighted by Gasteiger charge is -2.30. The highest BCUT2D eigenvalue weighted by Gasteiger charge is 2.20. The first-order valence-corrected chi connectivity index (χ1v) is 7.54. The summed E-state index contributed by atoms with van der Waals surface area (Å²) in [7, 11) is 2.19. The van der Waals surface area contributed by atoms with E-state index in [0.29, 0.717) is 6.04 Å². The van der Waals surface area contributed by atoms with Crippen molar-refractivity contribution >= 4 is 5.95 Å². The Morgan fingerprint density at radius 2 is 2.00 bits per heavy atom. The third-order valence-electron chi connectivity index (χ3n) is 4.35. The number of piperidine rings is 1. The molecule has 1 N–H and O–H groups in total. The molecule has 1 aliphatic heterocycles. The fraction of sp³-hybridized carbons (Fsp3) is 0.733. The highest BCUT2D eigenvalue weighted by Crippen LogP contribution is 2.23. The molecule has 0 amide bonds. The zero-order chi connectivity index (χ0) is 13.2. The number of rotatable bonds is 2. The predicted molar refractivity (Wildman–Crippen MR) is 77.6 cm³/mol. The van der Waals surface area contributed by atoms with Crippen molar-refractivity contribution in [2.45, 2.75) is 51.5 Å². The molecule has 0 saturated carbocycles. The average Bonchev–Trinajstić information content (AvgIpc) is 2.39. The van der Waals surface area contributed by atoms with Crippen LogP contribution in [0.1, 0.15) is 42.6 Å². The quantitative estimate of drug-likeness (QED) is 0.885. The van der Waals surface area contributed by atoms with E-state index >= 15 is 0 Å². The molecule has 0 spiro atoms. The number of fused-ring (bicyclic) bond motifs is 1. The summed E-state index contributed by atoms with van der Waals surface area (Å²) < 4.78 is 0. The van der Waals surface area contributed by atoms with Crippen molar-refractivity contribution in [2.75, 3.05) is 25.5 Å². The number of nitrogens with zero attached hydrogens (tertiary/aromatic N) is 3. The minimum absolute atomic E-state index is 0.500. The molecule has 1 atom stereocenters. The zero-order valence-corrected chi connectivity index (χ0v) is 12.1. The minimum atomic E-state index is 0.500. The van der Waals surface area contributed by atoms with Gasteiger partial charge in [0.2, 0.25) is 5.95 Å².